The monoisotopic (exact) mass is 523 g/mol. The number of fused-ring (bicyclic) bond motifs is 4. The molecule has 3 heterocycles. The molecule has 2 amide bonds. The number of carbonyl (C=O) groups excluding carboxylic acids is 2. The van der Waals surface area contributed by atoms with E-state index in [1.54, 1.807) is 7.11 Å². The lowest BCUT2D eigenvalue weighted by molar-refractivity contribution is -0.144. The summed E-state index contributed by atoms with van der Waals surface area (Å²) in [7, 11) is 3.63. The number of nitrogens with zero attached hydrogens (tertiary/aromatic N) is 3. The van der Waals surface area contributed by atoms with E-state index in [9.17, 15) is 14.7 Å². The van der Waals surface area contributed by atoms with Crippen molar-refractivity contribution in [1.82, 2.24) is 14.4 Å². The van der Waals surface area contributed by atoms with Gasteiger partial charge in [0.2, 0.25) is 11.8 Å². The number of aliphatic hydroxyl groups is 1. The van der Waals surface area contributed by atoms with Crippen LogP contribution in [0.15, 0.2) is 78.9 Å². The van der Waals surface area contributed by atoms with E-state index in [0.29, 0.717) is 26.1 Å². The van der Waals surface area contributed by atoms with Gasteiger partial charge in [-0.15, -0.1) is 0 Å². The second-order valence-corrected chi connectivity index (χ2v) is 10.8. The van der Waals surface area contributed by atoms with Gasteiger partial charge in [-0.05, 0) is 28.8 Å². The number of likely N-dealkylation sites (tertiary alicyclic amines) is 1. The van der Waals surface area contributed by atoms with Crippen molar-refractivity contribution >= 4 is 22.7 Å². The van der Waals surface area contributed by atoms with Crippen LogP contribution in [0.4, 0.5) is 0 Å². The molecule has 4 aromatic rings. The smallest absolute Gasteiger partial charge is 0.227 e. The minimum atomic E-state index is -0.473. The number of aryl methyl sites for hydroxylation is 1. The Balaban J connectivity index is 1.39. The predicted molar refractivity (Wildman–Crippen MR) is 150 cm³/mol. The molecule has 0 radical (unpaired) electrons. The molecule has 1 aromatic heterocycles. The van der Waals surface area contributed by atoms with Crippen LogP contribution < -0.4 is 4.74 Å². The number of methoxy groups -OCH3 is 1. The highest BCUT2D eigenvalue weighted by Crippen LogP contribution is 2.49. The summed E-state index contributed by atoms with van der Waals surface area (Å²) in [6, 6.07) is 25.0. The average Bonchev–Trinajstić information content (AvgIpc) is 3.24. The summed E-state index contributed by atoms with van der Waals surface area (Å²) in [6.45, 7) is 1.34. The Hall–Kier alpha value is -4.10. The fourth-order valence-corrected chi connectivity index (χ4v) is 6.49. The molecule has 2 aliphatic heterocycles. The molecule has 1 atom stereocenters. The van der Waals surface area contributed by atoms with Crippen molar-refractivity contribution in [1.29, 1.82) is 0 Å². The zero-order chi connectivity index (χ0) is 27.1. The van der Waals surface area contributed by atoms with Crippen molar-refractivity contribution in [2.24, 2.45) is 7.05 Å². The SMILES string of the molecule is COc1ccc2c3c(n(C)c2c1)[C@@H](CO)N(C(=O)Cc1ccccc1)CC31CN(C(=O)Cc2ccccc2)C1. The number of hydrogen-bond acceptors (Lipinski definition) is 4. The van der Waals surface area contributed by atoms with Gasteiger partial charge >= 0.3 is 0 Å². The van der Waals surface area contributed by atoms with Gasteiger partial charge in [-0.25, -0.2) is 0 Å². The Morgan fingerprint density at radius 3 is 2.10 bits per heavy atom. The number of aliphatic hydroxyl groups excluding tert-OH is 1. The molecule has 1 spiro atoms. The molecule has 1 saturated heterocycles. The summed E-state index contributed by atoms with van der Waals surface area (Å²) in [5, 5.41) is 11.7. The molecule has 1 N–H and O–H groups in total. The third kappa shape index (κ3) is 4.27. The van der Waals surface area contributed by atoms with Gasteiger partial charge in [-0.3, -0.25) is 9.59 Å². The fraction of sp³-hybridized carbons (Fsp3) is 0.312. The number of rotatable bonds is 6. The van der Waals surface area contributed by atoms with E-state index in [2.05, 4.69) is 10.6 Å². The molecule has 39 heavy (non-hydrogen) atoms. The van der Waals surface area contributed by atoms with Crippen LogP contribution in [0, 0.1) is 0 Å². The van der Waals surface area contributed by atoms with E-state index >= 15 is 0 Å². The van der Waals surface area contributed by atoms with Gasteiger partial charge in [-0.1, -0.05) is 60.7 Å². The molecule has 0 saturated carbocycles. The highest BCUT2D eigenvalue weighted by molar-refractivity contribution is 5.91. The van der Waals surface area contributed by atoms with Crippen LogP contribution in [0.3, 0.4) is 0 Å². The molecule has 0 bridgehead atoms. The van der Waals surface area contributed by atoms with Gasteiger partial charge in [-0.2, -0.15) is 0 Å². The largest absolute Gasteiger partial charge is 0.497 e. The first kappa shape index (κ1) is 25.2. The molecule has 3 aromatic carbocycles. The summed E-state index contributed by atoms with van der Waals surface area (Å²) >= 11 is 0. The predicted octanol–water partition coefficient (Wildman–Crippen LogP) is 3.63. The van der Waals surface area contributed by atoms with Gasteiger partial charge in [0, 0.05) is 43.8 Å². The second kappa shape index (κ2) is 9.89. The molecule has 2 aliphatic rings. The first-order chi connectivity index (χ1) is 18.9. The Bertz CT molecular complexity index is 1520. The first-order valence-electron chi connectivity index (χ1n) is 13.4. The summed E-state index contributed by atoms with van der Waals surface area (Å²) in [5.41, 5.74) is 4.58. The van der Waals surface area contributed by atoms with Gasteiger partial charge < -0.3 is 24.2 Å². The molecule has 7 heteroatoms. The Labute approximate surface area is 228 Å². The lowest BCUT2D eigenvalue weighted by Gasteiger charge is -2.56. The van der Waals surface area contributed by atoms with Crippen LogP contribution in [-0.2, 0) is 34.9 Å². The van der Waals surface area contributed by atoms with Gasteiger partial charge in [0.05, 0.1) is 43.5 Å². The average molecular weight is 524 g/mol. The number of benzene rings is 3. The molecule has 200 valence electrons. The first-order valence-corrected chi connectivity index (χ1v) is 13.4. The maximum atomic E-state index is 13.8. The van der Waals surface area contributed by atoms with Crippen molar-refractivity contribution in [3.05, 3.63) is 101 Å². The maximum absolute atomic E-state index is 13.8. The highest BCUT2D eigenvalue weighted by Gasteiger charge is 2.55. The number of amides is 2. The van der Waals surface area contributed by atoms with Crippen LogP contribution in [0.25, 0.3) is 10.9 Å². The minimum absolute atomic E-state index is 0.0258. The third-order valence-corrected chi connectivity index (χ3v) is 8.38. The molecule has 7 nitrogen and oxygen atoms in total. The molecular formula is C32H33N3O4. The standard InChI is InChI=1S/C32H33N3O4/c1-33-26-17-24(39-2)13-14-25(26)30-31(33)27(18-36)35(29(38)16-23-11-7-4-8-12-23)21-32(30)19-34(20-32)28(37)15-22-9-5-3-6-10-22/h3-14,17,27,36H,15-16,18-21H2,1-2H3/t27-/m1/s1. The quantitative estimate of drug-likeness (QED) is 0.419. The highest BCUT2D eigenvalue weighted by atomic mass is 16.5. The molecule has 0 unspecified atom stereocenters. The van der Waals surface area contributed by atoms with Crippen molar-refractivity contribution in [2.45, 2.75) is 24.3 Å². The second-order valence-electron chi connectivity index (χ2n) is 10.8. The minimum Gasteiger partial charge on any atom is -0.497 e. The van der Waals surface area contributed by atoms with E-state index in [1.807, 2.05) is 89.6 Å². The molecule has 6 rings (SSSR count). The van der Waals surface area contributed by atoms with Gasteiger partial charge in [0.15, 0.2) is 0 Å². The maximum Gasteiger partial charge on any atom is 0.227 e. The Morgan fingerprint density at radius 2 is 1.51 bits per heavy atom. The van der Waals surface area contributed by atoms with Crippen LogP contribution in [0.2, 0.25) is 0 Å². The topological polar surface area (TPSA) is 75.0 Å². The van der Waals surface area contributed by atoms with Crippen LogP contribution in [0.1, 0.15) is 28.4 Å². The summed E-state index contributed by atoms with van der Waals surface area (Å²) in [5.74, 6) is 0.809. The number of aromatic nitrogens is 1. The van der Waals surface area contributed by atoms with Crippen molar-refractivity contribution in [3.8, 4) is 5.75 Å². The van der Waals surface area contributed by atoms with Crippen molar-refractivity contribution in [3.63, 3.8) is 0 Å². The Morgan fingerprint density at radius 1 is 0.897 bits per heavy atom. The fourth-order valence-electron chi connectivity index (χ4n) is 6.49. The van der Waals surface area contributed by atoms with E-state index in [4.69, 9.17) is 4.74 Å². The normalized spacial score (nSPS) is 17.7. The van der Waals surface area contributed by atoms with Gasteiger partial charge in [0.1, 0.15) is 5.75 Å². The third-order valence-electron chi connectivity index (χ3n) is 8.38. The lowest BCUT2D eigenvalue weighted by atomic mass is 9.68. The number of carbonyl (C=O) groups is 2. The zero-order valence-corrected chi connectivity index (χ0v) is 22.3. The van der Waals surface area contributed by atoms with E-state index in [0.717, 1.165) is 39.0 Å². The number of ether oxygens (including phenoxy) is 1. The zero-order valence-electron chi connectivity index (χ0n) is 22.3. The summed E-state index contributed by atoms with van der Waals surface area (Å²) in [4.78, 5) is 30.7. The van der Waals surface area contributed by atoms with Crippen LogP contribution >= 0.6 is 0 Å². The lowest BCUT2D eigenvalue weighted by Crippen LogP contribution is -2.68. The number of hydrogen-bond donors (Lipinski definition) is 1. The van der Waals surface area contributed by atoms with Crippen LogP contribution in [0.5, 0.6) is 5.75 Å². The Kier molecular flexibility index (Phi) is 6.39. The molecular weight excluding hydrogens is 490 g/mol. The van der Waals surface area contributed by atoms with Crippen molar-refractivity contribution < 1.29 is 19.4 Å². The summed E-state index contributed by atoms with van der Waals surface area (Å²) in [6.07, 6.45) is 0.615. The van der Waals surface area contributed by atoms with Crippen LogP contribution in [-0.4, -0.2) is 64.6 Å². The van der Waals surface area contributed by atoms with Crippen molar-refractivity contribution in [2.75, 3.05) is 33.4 Å². The van der Waals surface area contributed by atoms with Gasteiger partial charge in [0.25, 0.3) is 0 Å². The molecule has 1 fully saturated rings. The van der Waals surface area contributed by atoms with E-state index in [1.165, 1.54) is 0 Å². The van der Waals surface area contributed by atoms with E-state index < -0.39 is 11.5 Å². The summed E-state index contributed by atoms with van der Waals surface area (Å²) < 4.78 is 7.60. The molecule has 0 aliphatic carbocycles. The van der Waals surface area contributed by atoms with E-state index in [-0.39, 0.29) is 24.8 Å².